The minimum atomic E-state index is -0.213. The number of nitrogens with zero attached hydrogens (tertiary/aromatic N) is 2. The maximum atomic E-state index is 11.6. The average molecular weight is 335 g/mol. The van der Waals surface area contributed by atoms with Crippen molar-refractivity contribution in [2.45, 2.75) is 0 Å². The Morgan fingerprint density at radius 2 is 1.96 bits per heavy atom. The van der Waals surface area contributed by atoms with Gasteiger partial charge in [0, 0.05) is 17.7 Å². The molecule has 6 heteroatoms. The number of carbonyl (C=O) groups excluding carboxylic acids is 1. The standard InChI is InChI=1S/C19H17N3O3/c1-2-11-20-17(23)13-24-16-10-6-9-15(12-16)19-21-18(22-25-19)14-7-4-3-5-8-14/h2-10,12H,1,11,13H2,(H,20,23). The molecule has 0 saturated heterocycles. The highest BCUT2D eigenvalue weighted by Gasteiger charge is 2.11. The van der Waals surface area contributed by atoms with E-state index in [9.17, 15) is 4.79 Å². The number of aromatic nitrogens is 2. The predicted octanol–water partition coefficient (Wildman–Crippen LogP) is 3.08. The molecule has 25 heavy (non-hydrogen) atoms. The Balaban J connectivity index is 1.70. The molecule has 0 aliphatic carbocycles. The lowest BCUT2D eigenvalue weighted by molar-refractivity contribution is -0.122. The minimum absolute atomic E-state index is 0.0730. The Kier molecular flexibility index (Phi) is 5.21. The van der Waals surface area contributed by atoms with E-state index in [-0.39, 0.29) is 12.5 Å². The van der Waals surface area contributed by atoms with Crippen LogP contribution in [0.1, 0.15) is 0 Å². The fraction of sp³-hybridized carbons (Fsp3) is 0.105. The number of ether oxygens (including phenoxy) is 1. The monoisotopic (exact) mass is 335 g/mol. The summed E-state index contributed by atoms with van der Waals surface area (Å²) in [4.78, 5) is 16.0. The average Bonchev–Trinajstić information content (AvgIpc) is 3.16. The van der Waals surface area contributed by atoms with E-state index in [4.69, 9.17) is 9.26 Å². The molecule has 1 heterocycles. The Morgan fingerprint density at radius 3 is 2.76 bits per heavy atom. The van der Waals surface area contributed by atoms with Crippen molar-refractivity contribution in [3.05, 3.63) is 67.3 Å². The molecule has 2 aromatic carbocycles. The van der Waals surface area contributed by atoms with Gasteiger partial charge in [-0.05, 0) is 18.2 Å². The van der Waals surface area contributed by atoms with Crippen LogP contribution in [0, 0.1) is 0 Å². The molecule has 0 saturated carbocycles. The topological polar surface area (TPSA) is 77.2 Å². The summed E-state index contributed by atoms with van der Waals surface area (Å²) < 4.78 is 10.8. The van der Waals surface area contributed by atoms with E-state index in [1.54, 1.807) is 24.3 Å². The molecular formula is C19H17N3O3. The minimum Gasteiger partial charge on any atom is -0.484 e. The fourth-order valence-corrected chi connectivity index (χ4v) is 2.15. The predicted molar refractivity (Wildman–Crippen MR) is 93.9 cm³/mol. The summed E-state index contributed by atoms with van der Waals surface area (Å²) in [5.41, 5.74) is 1.60. The van der Waals surface area contributed by atoms with Gasteiger partial charge in [0.15, 0.2) is 6.61 Å². The van der Waals surface area contributed by atoms with Crippen molar-refractivity contribution in [1.29, 1.82) is 0 Å². The van der Waals surface area contributed by atoms with Crippen LogP contribution in [-0.4, -0.2) is 29.2 Å². The van der Waals surface area contributed by atoms with Gasteiger partial charge in [-0.15, -0.1) is 6.58 Å². The first-order valence-electron chi connectivity index (χ1n) is 7.76. The zero-order valence-electron chi connectivity index (χ0n) is 13.5. The molecule has 0 spiro atoms. The number of rotatable bonds is 7. The van der Waals surface area contributed by atoms with Crippen LogP contribution in [0.25, 0.3) is 22.8 Å². The van der Waals surface area contributed by atoms with Crippen LogP contribution < -0.4 is 10.1 Å². The summed E-state index contributed by atoms with van der Waals surface area (Å²) >= 11 is 0. The molecule has 1 aromatic heterocycles. The van der Waals surface area contributed by atoms with Crippen molar-refractivity contribution in [1.82, 2.24) is 15.5 Å². The highest BCUT2D eigenvalue weighted by Crippen LogP contribution is 2.25. The van der Waals surface area contributed by atoms with Gasteiger partial charge in [0.1, 0.15) is 5.75 Å². The third kappa shape index (κ3) is 4.32. The van der Waals surface area contributed by atoms with Crippen LogP contribution in [0.4, 0.5) is 0 Å². The number of carbonyl (C=O) groups is 1. The summed E-state index contributed by atoms with van der Waals surface area (Å²) in [6.07, 6.45) is 1.61. The van der Waals surface area contributed by atoms with Crippen LogP contribution in [0.2, 0.25) is 0 Å². The molecule has 6 nitrogen and oxygen atoms in total. The Morgan fingerprint density at radius 1 is 1.16 bits per heavy atom. The van der Waals surface area contributed by atoms with E-state index in [1.165, 1.54) is 0 Å². The highest BCUT2D eigenvalue weighted by atomic mass is 16.5. The van der Waals surface area contributed by atoms with Crippen LogP contribution >= 0.6 is 0 Å². The Bertz CT molecular complexity index is 859. The zero-order valence-corrected chi connectivity index (χ0v) is 13.5. The van der Waals surface area contributed by atoms with Crippen LogP contribution in [0.3, 0.4) is 0 Å². The lowest BCUT2D eigenvalue weighted by Crippen LogP contribution is -2.28. The third-order valence-corrected chi connectivity index (χ3v) is 3.35. The van der Waals surface area contributed by atoms with Gasteiger partial charge in [-0.3, -0.25) is 4.79 Å². The van der Waals surface area contributed by atoms with E-state index in [0.717, 1.165) is 11.1 Å². The van der Waals surface area contributed by atoms with Crippen LogP contribution in [0.5, 0.6) is 5.75 Å². The molecule has 0 aliphatic heterocycles. The quantitative estimate of drug-likeness (QED) is 0.671. The van der Waals surface area contributed by atoms with E-state index in [1.807, 2.05) is 36.4 Å². The van der Waals surface area contributed by atoms with Crippen LogP contribution in [0.15, 0.2) is 71.8 Å². The Hall–Kier alpha value is -3.41. The second-order valence-corrected chi connectivity index (χ2v) is 5.20. The molecule has 0 atom stereocenters. The second kappa shape index (κ2) is 7.92. The van der Waals surface area contributed by atoms with E-state index in [0.29, 0.717) is 24.0 Å². The third-order valence-electron chi connectivity index (χ3n) is 3.35. The number of benzene rings is 2. The summed E-state index contributed by atoms with van der Waals surface area (Å²) in [6.45, 7) is 3.88. The molecule has 3 rings (SSSR count). The van der Waals surface area contributed by atoms with Gasteiger partial charge in [-0.2, -0.15) is 4.98 Å². The summed E-state index contributed by atoms with van der Waals surface area (Å²) in [5.74, 6) is 1.24. The maximum Gasteiger partial charge on any atom is 0.258 e. The van der Waals surface area contributed by atoms with Crippen molar-refractivity contribution < 1.29 is 14.1 Å². The highest BCUT2D eigenvalue weighted by molar-refractivity contribution is 5.77. The van der Waals surface area contributed by atoms with Gasteiger partial charge in [0.25, 0.3) is 11.8 Å². The van der Waals surface area contributed by atoms with Crippen molar-refractivity contribution in [3.8, 4) is 28.6 Å². The molecule has 0 aliphatic rings. The SMILES string of the molecule is C=CCNC(=O)COc1cccc(-c2nc(-c3ccccc3)no2)c1. The first-order chi connectivity index (χ1) is 12.3. The molecule has 3 aromatic rings. The number of hydrogen-bond donors (Lipinski definition) is 1. The van der Waals surface area contributed by atoms with Crippen LogP contribution in [-0.2, 0) is 4.79 Å². The number of amides is 1. The van der Waals surface area contributed by atoms with Crippen molar-refractivity contribution >= 4 is 5.91 Å². The van der Waals surface area contributed by atoms with Crippen molar-refractivity contribution in [3.63, 3.8) is 0 Å². The normalized spacial score (nSPS) is 10.2. The van der Waals surface area contributed by atoms with Gasteiger partial charge in [0.05, 0.1) is 0 Å². The summed E-state index contributed by atoms with van der Waals surface area (Å²) in [7, 11) is 0. The second-order valence-electron chi connectivity index (χ2n) is 5.20. The van der Waals surface area contributed by atoms with E-state index >= 15 is 0 Å². The van der Waals surface area contributed by atoms with Gasteiger partial charge in [-0.25, -0.2) is 0 Å². The number of nitrogens with one attached hydrogen (secondary N) is 1. The molecule has 126 valence electrons. The fourth-order valence-electron chi connectivity index (χ4n) is 2.15. The lowest BCUT2D eigenvalue weighted by Gasteiger charge is -2.06. The van der Waals surface area contributed by atoms with E-state index in [2.05, 4.69) is 22.0 Å². The van der Waals surface area contributed by atoms with Crippen molar-refractivity contribution in [2.24, 2.45) is 0 Å². The largest absolute Gasteiger partial charge is 0.484 e. The molecule has 0 unspecified atom stereocenters. The summed E-state index contributed by atoms with van der Waals surface area (Å²) in [6, 6.07) is 16.7. The molecule has 1 N–H and O–H groups in total. The zero-order chi connectivity index (χ0) is 17.5. The van der Waals surface area contributed by atoms with Gasteiger partial charge in [-0.1, -0.05) is 47.6 Å². The van der Waals surface area contributed by atoms with E-state index < -0.39 is 0 Å². The van der Waals surface area contributed by atoms with Gasteiger partial charge < -0.3 is 14.6 Å². The summed E-state index contributed by atoms with van der Waals surface area (Å²) in [5, 5.41) is 6.65. The first kappa shape index (κ1) is 16.4. The molecule has 0 bridgehead atoms. The molecule has 1 amide bonds. The smallest absolute Gasteiger partial charge is 0.258 e. The molecule has 0 fully saturated rings. The van der Waals surface area contributed by atoms with Crippen molar-refractivity contribution in [2.75, 3.05) is 13.2 Å². The lowest BCUT2D eigenvalue weighted by atomic mass is 10.2. The molecular weight excluding hydrogens is 318 g/mol. The number of hydrogen-bond acceptors (Lipinski definition) is 5. The van der Waals surface area contributed by atoms with Gasteiger partial charge >= 0.3 is 0 Å². The van der Waals surface area contributed by atoms with Gasteiger partial charge in [0.2, 0.25) is 5.82 Å². The Labute approximate surface area is 145 Å². The molecule has 0 radical (unpaired) electrons. The maximum absolute atomic E-state index is 11.6. The first-order valence-corrected chi connectivity index (χ1v) is 7.76.